The van der Waals surface area contributed by atoms with Crippen LogP contribution in [0.1, 0.15) is 85.1 Å². The number of hydrogen-bond acceptors (Lipinski definition) is 4. The Morgan fingerprint density at radius 1 is 0.978 bits per heavy atom. The minimum atomic E-state index is -0.800. The van der Waals surface area contributed by atoms with Gasteiger partial charge in [-0.25, -0.2) is 13.8 Å². The Labute approximate surface area is 260 Å². The van der Waals surface area contributed by atoms with E-state index in [9.17, 15) is 18.4 Å². The van der Waals surface area contributed by atoms with E-state index in [2.05, 4.69) is 14.9 Å². The zero-order valence-corrected chi connectivity index (χ0v) is 25.7. The fourth-order valence-electron chi connectivity index (χ4n) is 7.26. The zero-order chi connectivity index (χ0) is 31.5. The van der Waals surface area contributed by atoms with Gasteiger partial charge in [0.2, 0.25) is 0 Å². The number of nitrogens with one attached hydrogen (secondary N) is 1. The fourth-order valence-corrected chi connectivity index (χ4v) is 7.26. The molecule has 7 nitrogen and oxygen atoms in total. The van der Waals surface area contributed by atoms with Crippen molar-refractivity contribution in [2.75, 3.05) is 0 Å². The van der Waals surface area contributed by atoms with Gasteiger partial charge in [0.15, 0.2) is 11.6 Å². The maximum absolute atomic E-state index is 14.0. The molecule has 1 N–H and O–H groups in total. The van der Waals surface area contributed by atoms with Crippen molar-refractivity contribution in [1.82, 2.24) is 24.4 Å². The average molecular weight is 608 g/mol. The number of amides is 1. The van der Waals surface area contributed by atoms with Crippen LogP contribution in [-0.2, 0) is 24.4 Å². The van der Waals surface area contributed by atoms with Crippen LogP contribution >= 0.6 is 0 Å². The van der Waals surface area contributed by atoms with Gasteiger partial charge in [-0.15, -0.1) is 0 Å². The SMILES string of the molecule is CC(=O)/C(F)=C/c1ccc2nc(C3(NC(=O)c4ccc5c(C6CCCC6)c(-c6ccc(F)cn6)n(C)c5c4)CCC3)n(C)c2c1. The molecule has 2 aliphatic rings. The highest BCUT2D eigenvalue weighted by Crippen LogP contribution is 2.45. The third kappa shape index (κ3) is 4.94. The number of carbonyl (C=O) groups excluding carboxylic acids is 2. The summed E-state index contributed by atoms with van der Waals surface area (Å²) in [6.07, 6.45) is 9.48. The van der Waals surface area contributed by atoms with Crippen LogP contribution in [0.15, 0.2) is 60.6 Å². The maximum Gasteiger partial charge on any atom is 0.252 e. The summed E-state index contributed by atoms with van der Waals surface area (Å²) in [4.78, 5) is 34.6. The number of halogens is 2. The number of benzene rings is 2. The number of rotatable bonds is 7. The fraction of sp³-hybridized carbons (Fsp3) is 0.333. The lowest BCUT2D eigenvalue weighted by Crippen LogP contribution is -2.52. The van der Waals surface area contributed by atoms with Gasteiger partial charge < -0.3 is 14.5 Å². The first-order valence-corrected chi connectivity index (χ1v) is 15.6. The first-order chi connectivity index (χ1) is 21.6. The predicted molar refractivity (Wildman–Crippen MR) is 171 cm³/mol. The van der Waals surface area contributed by atoms with E-state index in [-0.39, 0.29) is 11.7 Å². The van der Waals surface area contributed by atoms with E-state index in [4.69, 9.17) is 4.98 Å². The number of Topliss-reactive ketones (excluding diaryl/α,β-unsaturated/α-hetero) is 1. The summed E-state index contributed by atoms with van der Waals surface area (Å²) in [5.41, 5.74) is 5.88. The molecule has 0 bridgehead atoms. The van der Waals surface area contributed by atoms with E-state index in [0.29, 0.717) is 17.0 Å². The maximum atomic E-state index is 14.0. The van der Waals surface area contributed by atoms with Crippen LogP contribution in [0.3, 0.4) is 0 Å². The number of hydrogen-bond donors (Lipinski definition) is 1. The van der Waals surface area contributed by atoms with Crippen molar-refractivity contribution in [3.8, 4) is 11.4 Å². The van der Waals surface area contributed by atoms with Crippen LogP contribution in [0.4, 0.5) is 8.78 Å². The van der Waals surface area contributed by atoms with E-state index in [0.717, 1.165) is 71.3 Å². The molecule has 3 aromatic heterocycles. The first-order valence-electron chi connectivity index (χ1n) is 15.6. The number of carbonyl (C=O) groups is 2. The van der Waals surface area contributed by atoms with E-state index < -0.39 is 17.1 Å². The number of aryl methyl sites for hydroxylation is 2. The quantitative estimate of drug-likeness (QED) is 0.193. The van der Waals surface area contributed by atoms with Crippen molar-refractivity contribution in [3.05, 3.63) is 88.9 Å². The molecule has 3 heterocycles. The second-order valence-corrected chi connectivity index (χ2v) is 12.6. The summed E-state index contributed by atoms with van der Waals surface area (Å²) in [5, 5.41) is 4.42. The third-order valence-corrected chi connectivity index (χ3v) is 9.76. The monoisotopic (exact) mass is 607 g/mol. The van der Waals surface area contributed by atoms with Crippen LogP contribution in [0.25, 0.3) is 39.4 Å². The van der Waals surface area contributed by atoms with Gasteiger partial charge in [-0.2, -0.15) is 0 Å². The van der Waals surface area contributed by atoms with Crippen LogP contribution in [0.5, 0.6) is 0 Å². The van der Waals surface area contributed by atoms with Gasteiger partial charge in [-0.05, 0) is 91.6 Å². The van der Waals surface area contributed by atoms with Crippen LogP contribution in [-0.4, -0.2) is 30.8 Å². The highest BCUT2D eigenvalue weighted by molar-refractivity contribution is 6.01. The van der Waals surface area contributed by atoms with Crippen molar-refractivity contribution < 1.29 is 18.4 Å². The molecule has 2 aliphatic carbocycles. The second kappa shape index (κ2) is 11.1. The normalized spacial score (nSPS) is 16.8. The summed E-state index contributed by atoms with van der Waals surface area (Å²) in [7, 11) is 3.89. The first kappa shape index (κ1) is 29.1. The third-order valence-electron chi connectivity index (χ3n) is 9.76. The standard InChI is InChI=1S/C36H35F2N5O2/c1-21(44)27(38)17-22-9-13-28-31(18-22)43(3)35(40-28)36(15-6-16-36)41-34(45)24-10-12-26-30(19-24)42(2)33(29-14-11-25(37)20-39-29)32(26)23-7-4-5-8-23/h9-14,17-20,23H,4-8,15-16H2,1-3H3,(H,41,45)/b27-17-. The molecule has 2 fully saturated rings. The van der Waals surface area contributed by atoms with E-state index in [1.165, 1.54) is 43.7 Å². The lowest BCUT2D eigenvalue weighted by atomic mass is 9.75. The summed E-state index contributed by atoms with van der Waals surface area (Å²) in [5.74, 6) is -0.835. The molecular weight excluding hydrogens is 572 g/mol. The molecule has 230 valence electrons. The molecular formula is C36H35F2N5O2. The summed E-state index contributed by atoms with van der Waals surface area (Å²) in [6, 6.07) is 14.4. The van der Waals surface area contributed by atoms with Crippen LogP contribution in [0, 0.1) is 5.82 Å². The molecule has 0 spiro atoms. The van der Waals surface area contributed by atoms with Crippen molar-refractivity contribution >= 4 is 39.7 Å². The van der Waals surface area contributed by atoms with Crippen molar-refractivity contribution in [3.63, 3.8) is 0 Å². The molecule has 5 aromatic rings. The molecule has 0 saturated heterocycles. The Hall–Kier alpha value is -4.66. The van der Waals surface area contributed by atoms with Crippen LogP contribution in [0.2, 0.25) is 0 Å². The largest absolute Gasteiger partial charge is 0.342 e. The number of allylic oxidation sites excluding steroid dienone is 1. The van der Waals surface area contributed by atoms with Gasteiger partial charge in [0, 0.05) is 37.5 Å². The molecule has 0 unspecified atom stereocenters. The predicted octanol–water partition coefficient (Wildman–Crippen LogP) is 7.63. The molecule has 0 radical (unpaired) electrons. The van der Waals surface area contributed by atoms with E-state index in [1.807, 2.05) is 42.9 Å². The molecule has 2 saturated carbocycles. The van der Waals surface area contributed by atoms with E-state index in [1.54, 1.807) is 18.2 Å². The number of nitrogens with zero attached hydrogens (tertiary/aromatic N) is 4. The Morgan fingerprint density at radius 2 is 1.76 bits per heavy atom. The molecule has 2 aromatic carbocycles. The van der Waals surface area contributed by atoms with Gasteiger partial charge in [0.1, 0.15) is 11.6 Å². The molecule has 7 rings (SSSR count). The smallest absolute Gasteiger partial charge is 0.252 e. The van der Waals surface area contributed by atoms with Crippen LogP contribution < -0.4 is 5.32 Å². The van der Waals surface area contributed by atoms with Crippen molar-refractivity contribution in [2.45, 2.75) is 63.3 Å². The van der Waals surface area contributed by atoms with Gasteiger partial charge >= 0.3 is 0 Å². The van der Waals surface area contributed by atoms with Crippen molar-refractivity contribution in [2.24, 2.45) is 14.1 Å². The molecule has 9 heteroatoms. The minimum absolute atomic E-state index is 0.180. The second-order valence-electron chi connectivity index (χ2n) is 12.6. The zero-order valence-electron chi connectivity index (χ0n) is 25.7. The Kier molecular flexibility index (Phi) is 7.14. The van der Waals surface area contributed by atoms with Gasteiger partial charge in [0.25, 0.3) is 5.91 Å². The topological polar surface area (TPSA) is 81.8 Å². The molecule has 0 aliphatic heterocycles. The van der Waals surface area contributed by atoms with Gasteiger partial charge in [-0.1, -0.05) is 25.0 Å². The molecule has 1 amide bonds. The van der Waals surface area contributed by atoms with Crippen molar-refractivity contribution in [1.29, 1.82) is 0 Å². The average Bonchev–Trinajstić information content (AvgIpc) is 3.72. The highest BCUT2D eigenvalue weighted by Gasteiger charge is 2.44. The number of aromatic nitrogens is 4. The number of fused-ring (bicyclic) bond motifs is 2. The number of pyridine rings is 1. The number of imidazole rings is 1. The summed E-state index contributed by atoms with van der Waals surface area (Å²) >= 11 is 0. The number of ketones is 1. The molecule has 0 atom stereocenters. The van der Waals surface area contributed by atoms with Gasteiger partial charge in [0.05, 0.1) is 34.2 Å². The Bertz CT molecular complexity index is 2010. The summed E-state index contributed by atoms with van der Waals surface area (Å²) in [6.45, 7) is 1.20. The highest BCUT2D eigenvalue weighted by atomic mass is 19.1. The Balaban J connectivity index is 1.24. The Morgan fingerprint density at radius 3 is 2.42 bits per heavy atom. The lowest BCUT2D eigenvalue weighted by Gasteiger charge is -2.41. The summed E-state index contributed by atoms with van der Waals surface area (Å²) < 4.78 is 31.8. The van der Waals surface area contributed by atoms with E-state index >= 15 is 0 Å². The lowest BCUT2D eigenvalue weighted by molar-refractivity contribution is -0.114. The molecule has 45 heavy (non-hydrogen) atoms. The minimum Gasteiger partial charge on any atom is -0.342 e. The van der Waals surface area contributed by atoms with Gasteiger partial charge in [-0.3, -0.25) is 14.6 Å².